The molecule has 6 aromatic heterocycles. The number of amides is 3. The second kappa shape index (κ2) is 24.3. The Bertz CT molecular complexity index is 3680. The summed E-state index contributed by atoms with van der Waals surface area (Å²) >= 11 is 23.4. The predicted molar refractivity (Wildman–Crippen MR) is 316 cm³/mol. The number of anilines is 4. The van der Waals surface area contributed by atoms with Crippen molar-refractivity contribution < 1.29 is 38.2 Å². The number of aryl methyl sites for hydroxylation is 4. The SMILES string of the molecule is CCOC(=O)c1cc2c(s1)-c1sccc1N(C(=O)c1ccc(N)cc1)CC2.CCOC(=O)c1cc2c(s1)-c1sccc1N(C(=O)c1ccc(NC(=O)c3cc4c(nc3Cl)CCC4)cc1)CC2.O=C(Cl)c1cc2c(nc1Cl)CCC2. The molecule has 8 aromatic rings. The third kappa shape index (κ3) is 11.9. The number of pyridine rings is 2. The lowest BCUT2D eigenvalue weighted by Gasteiger charge is -2.21. The molecule has 2 aliphatic carbocycles. The number of fused-ring (bicyclic) bond motifs is 8. The highest BCUT2D eigenvalue weighted by atomic mass is 35.5. The van der Waals surface area contributed by atoms with Gasteiger partial charge in [-0.05, 0) is 195 Å². The number of aromatic nitrogens is 2. The number of nitrogen functional groups attached to an aromatic ring is 1. The highest BCUT2D eigenvalue weighted by Gasteiger charge is 2.31. The Morgan fingerprint density at radius 2 is 1.04 bits per heavy atom. The van der Waals surface area contributed by atoms with Crippen molar-refractivity contribution in [1.82, 2.24) is 9.97 Å². The van der Waals surface area contributed by atoms with Gasteiger partial charge in [0, 0.05) is 47.0 Å². The van der Waals surface area contributed by atoms with Crippen LogP contribution in [0.1, 0.15) is 121 Å². The molecule has 8 heterocycles. The molecule has 0 saturated carbocycles. The lowest BCUT2D eigenvalue weighted by molar-refractivity contribution is 0.0522. The second-order valence-corrected chi connectivity index (χ2v) is 23.5. The number of thiophene rings is 4. The van der Waals surface area contributed by atoms with Gasteiger partial charge in [-0.1, -0.05) is 23.2 Å². The lowest BCUT2D eigenvalue weighted by Crippen LogP contribution is -2.32. The molecule has 0 fully saturated rings. The third-order valence-corrected chi connectivity index (χ3v) is 18.8. The fraction of sp³-hybridized carbons (Fsp3) is 0.241. The van der Waals surface area contributed by atoms with E-state index in [2.05, 4.69) is 15.3 Å². The van der Waals surface area contributed by atoms with E-state index in [1.807, 2.05) is 46.0 Å². The molecule has 0 saturated heterocycles. The predicted octanol–water partition coefficient (Wildman–Crippen LogP) is 13.7. The molecule has 4 aliphatic rings. The van der Waals surface area contributed by atoms with Gasteiger partial charge >= 0.3 is 11.9 Å². The van der Waals surface area contributed by atoms with E-state index in [0.717, 1.165) is 103 Å². The van der Waals surface area contributed by atoms with Gasteiger partial charge in [0.05, 0.1) is 55.2 Å². The summed E-state index contributed by atoms with van der Waals surface area (Å²) in [5.41, 5.74) is 16.7. The van der Waals surface area contributed by atoms with E-state index in [1.54, 1.807) is 96.0 Å². The van der Waals surface area contributed by atoms with E-state index in [4.69, 9.17) is 50.0 Å². The van der Waals surface area contributed by atoms with Gasteiger partial charge in [-0.2, -0.15) is 0 Å². The maximum atomic E-state index is 13.6. The number of esters is 2. The van der Waals surface area contributed by atoms with Gasteiger partial charge in [0.15, 0.2) is 0 Å². The summed E-state index contributed by atoms with van der Waals surface area (Å²) in [4.78, 5) is 92.2. The quantitative estimate of drug-likeness (QED) is 0.0605. The number of rotatable bonds is 9. The van der Waals surface area contributed by atoms with Gasteiger partial charge in [0.1, 0.15) is 20.1 Å². The van der Waals surface area contributed by atoms with Crippen LogP contribution in [0.2, 0.25) is 10.3 Å². The normalized spacial score (nSPS) is 13.5. The number of nitrogens with zero attached hydrogens (tertiary/aromatic N) is 4. The molecule has 3 N–H and O–H groups in total. The first-order valence-electron chi connectivity index (χ1n) is 25.4. The number of carbonyl (C=O) groups is 6. The highest BCUT2D eigenvalue weighted by molar-refractivity contribution is 7.23. The van der Waals surface area contributed by atoms with Crippen LogP contribution in [0.15, 0.2) is 95.7 Å². The minimum Gasteiger partial charge on any atom is -0.462 e. The third-order valence-electron chi connectivity index (χ3n) is 13.6. The second-order valence-electron chi connectivity index (χ2n) is 18.6. The largest absolute Gasteiger partial charge is 0.462 e. The van der Waals surface area contributed by atoms with Crippen molar-refractivity contribution in [2.45, 2.75) is 65.2 Å². The number of carbonyl (C=O) groups excluding carboxylic acids is 6. The molecule has 79 heavy (non-hydrogen) atoms. The number of nitrogens with two attached hydrogens (primary N) is 1. The molecule has 0 atom stereocenters. The topological polar surface area (TPSA) is 191 Å². The molecule has 0 bridgehead atoms. The average Bonchev–Trinajstić information content (AvgIpc) is 4.42. The zero-order valence-electron chi connectivity index (χ0n) is 42.6. The summed E-state index contributed by atoms with van der Waals surface area (Å²) in [6.07, 6.45) is 7.13. The van der Waals surface area contributed by atoms with Crippen LogP contribution in [0.3, 0.4) is 0 Å². The molecular weight excluding hydrogens is 1140 g/mol. The molecule has 0 unspecified atom stereocenters. The van der Waals surface area contributed by atoms with E-state index < -0.39 is 5.24 Å². The van der Waals surface area contributed by atoms with Crippen LogP contribution in [0.5, 0.6) is 0 Å². The van der Waals surface area contributed by atoms with Gasteiger partial charge in [-0.3, -0.25) is 19.2 Å². The molecule has 0 radical (unpaired) electrons. The maximum Gasteiger partial charge on any atom is 0.348 e. The van der Waals surface area contributed by atoms with E-state index >= 15 is 0 Å². The lowest BCUT2D eigenvalue weighted by atomic mass is 10.1. The van der Waals surface area contributed by atoms with E-state index in [0.29, 0.717) is 82.5 Å². The number of benzene rings is 2. The zero-order valence-corrected chi connectivity index (χ0v) is 48.2. The number of nitrogens with one attached hydrogen (secondary N) is 1. The Morgan fingerprint density at radius 3 is 1.51 bits per heavy atom. The van der Waals surface area contributed by atoms with E-state index in [1.165, 1.54) is 22.7 Å². The smallest absolute Gasteiger partial charge is 0.348 e. The number of hydrogen-bond donors (Lipinski definition) is 2. The van der Waals surface area contributed by atoms with Crippen LogP contribution in [0, 0.1) is 0 Å². The first-order valence-corrected chi connectivity index (χ1v) is 29.9. The Balaban J connectivity index is 0.000000151. The summed E-state index contributed by atoms with van der Waals surface area (Å²) in [7, 11) is 0. The minimum atomic E-state index is -0.535. The minimum absolute atomic E-state index is 0.0459. The van der Waals surface area contributed by atoms with Crippen LogP contribution in [-0.2, 0) is 48.0 Å². The monoisotopic (exact) mass is 1190 g/mol. The number of hydrogen-bond acceptors (Lipinski definition) is 15. The van der Waals surface area contributed by atoms with Crippen molar-refractivity contribution in [2.75, 3.05) is 47.2 Å². The fourth-order valence-corrected chi connectivity index (χ4v) is 14.8. The standard InChI is InChI=1S/C29H24ClN3O4S2.C20H18N2O3S2.C9H7Cl2NO/c1-2-37-29(36)23-15-18-10-12-33(22-11-13-38-25(22)24(18)39-23)28(35)16-6-8-19(9-7-16)31-27(34)20-14-17-4-3-5-21(17)32-26(20)30;1-2-25-20(24)16-11-13-7-9-22(15-8-10-26-18(15)17(13)27-16)19(23)12-3-5-14(21)6-4-12;10-8-6(9(11)13)4-5-2-1-3-7(5)12-8/h6-9,11,13-15H,2-5,10,12H2,1H3,(H,31,34);3-6,8,10-11H,2,7,9,21H2,1H3;4H,1-3H2. The van der Waals surface area contributed by atoms with Crippen LogP contribution in [0.25, 0.3) is 19.5 Å². The van der Waals surface area contributed by atoms with Crippen LogP contribution in [0.4, 0.5) is 22.7 Å². The summed E-state index contributed by atoms with van der Waals surface area (Å²) in [6, 6.07) is 25.1. The molecule has 12 rings (SSSR count). The first kappa shape index (κ1) is 55.5. The van der Waals surface area contributed by atoms with Crippen molar-refractivity contribution in [3.63, 3.8) is 0 Å². The molecular formula is C58H49Cl3N6O8S4. The molecule has 2 aliphatic heterocycles. The van der Waals surface area contributed by atoms with Gasteiger partial charge in [-0.15, -0.1) is 45.3 Å². The molecule has 21 heteroatoms. The molecule has 0 spiro atoms. The summed E-state index contributed by atoms with van der Waals surface area (Å²) < 4.78 is 10.3. The average molecular weight is 1190 g/mol. The molecule has 3 amide bonds. The van der Waals surface area contributed by atoms with Crippen LogP contribution in [-0.4, -0.2) is 71.2 Å². The number of ether oxygens (including phenoxy) is 2. The Hall–Kier alpha value is -6.77. The summed E-state index contributed by atoms with van der Waals surface area (Å²) in [6.45, 7) is 5.31. The molecule has 14 nitrogen and oxygen atoms in total. The highest BCUT2D eigenvalue weighted by Crippen LogP contribution is 2.47. The first-order chi connectivity index (χ1) is 38.2. The summed E-state index contributed by atoms with van der Waals surface area (Å²) in [5.74, 6) is -1.10. The Morgan fingerprint density at radius 1 is 0.582 bits per heavy atom. The summed E-state index contributed by atoms with van der Waals surface area (Å²) in [5, 5.41) is 6.70. The van der Waals surface area contributed by atoms with Gasteiger partial charge < -0.3 is 30.3 Å². The Kier molecular flexibility index (Phi) is 17.1. The van der Waals surface area contributed by atoms with Crippen molar-refractivity contribution in [3.05, 3.63) is 172 Å². The molecule has 2 aromatic carbocycles. The van der Waals surface area contributed by atoms with E-state index in [-0.39, 0.29) is 40.0 Å². The van der Waals surface area contributed by atoms with Crippen molar-refractivity contribution >= 4 is 138 Å². The van der Waals surface area contributed by atoms with Gasteiger partial charge in [-0.25, -0.2) is 19.6 Å². The zero-order chi connectivity index (χ0) is 55.5. The maximum absolute atomic E-state index is 13.6. The number of halogens is 3. The van der Waals surface area contributed by atoms with Crippen LogP contribution >= 0.6 is 80.1 Å². The van der Waals surface area contributed by atoms with Gasteiger partial charge in [0.2, 0.25) is 0 Å². The van der Waals surface area contributed by atoms with Crippen LogP contribution < -0.4 is 20.9 Å². The van der Waals surface area contributed by atoms with Crippen molar-refractivity contribution in [1.29, 1.82) is 0 Å². The fourth-order valence-electron chi connectivity index (χ4n) is 9.74. The van der Waals surface area contributed by atoms with Crippen molar-refractivity contribution in [2.24, 2.45) is 0 Å². The van der Waals surface area contributed by atoms with Gasteiger partial charge in [0.25, 0.3) is 23.0 Å². The van der Waals surface area contributed by atoms with E-state index in [9.17, 15) is 28.8 Å². The molecule has 404 valence electrons. The Labute approximate surface area is 486 Å². The van der Waals surface area contributed by atoms with Crippen molar-refractivity contribution in [3.8, 4) is 19.5 Å².